The van der Waals surface area contributed by atoms with Crippen molar-refractivity contribution in [1.82, 2.24) is 10.6 Å². The number of hydrogen-bond donors (Lipinski definition) is 2. The largest absolute Gasteiger partial charge is 0.490 e. The van der Waals surface area contributed by atoms with Gasteiger partial charge in [-0.05, 0) is 58.8 Å². The second-order valence-electron chi connectivity index (χ2n) is 5.75. The molecule has 2 aromatic rings. The van der Waals surface area contributed by atoms with E-state index in [1.807, 2.05) is 6.92 Å². The molecule has 1 fully saturated rings. The maximum atomic E-state index is 11.7. The van der Waals surface area contributed by atoms with Crippen molar-refractivity contribution >= 4 is 57.1 Å². The van der Waals surface area contributed by atoms with Gasteiger partial charge in [0.25, 0.3) is 5.91 Å². The number of carbonyl (C=O) groups excluding carboxylic acids is 2. The van der Waals surface area contributed by atoms with E-state index in [0.717, 1.165) is 5.56 Å². The minimum absolute atomic E-state index is 0.154. The Kier molecular flexibility index (Phi) is 6.49. The van der Waals surface area contributed by atoms with Gasteiger partial charge in [-0.3, -0.25) is 10.1 Å². The molecule has 28 heavy (non-hydrogen) atoms. The number of amides is 3. The van der Waals surface area contributed by atoms with Crippen LogP contribution in [0.15, 0.2) is 40.5 Å². The van der Waals surface area contributed by atoms with Crippen LogP contribution in [0.2, 0.25) is 10.0 Å². The number of benzene rings is 2. The quantitative estimate of drug-likeness (QED) is 0.450. The molecule has 1 heterocycles. The summed E-state index contributed by atoms with van der Waals surface area (Å²) in [5.41, 5.74) is 1.58. The number of hydrogen-bond acceptors (Lipinski definition) is 4. The fourth-order valence-corrected chi connectivity index (χ4v) is 3.55. The molecule has 0 aliphatic carbocycles. The second kappa shape index (κ2) is 8.86. The number of nitrogens with one attached hydrogen (secondary N) is 2. The Morgan fingerprint density at radius 3 is 2.54 bits per heavy atom. The normalized spacial score (nSPS) is 14.8. The predicted octanol–water partition coefficient (Wildman–Crippen LogP) is 4.91. The average Bonchev–Trinajstić information content (AvgIpc) is 2.93. The molecule has 0 unspecified atom stereocenters. The van der Waals surface area contributed by atoms with Gasteiger partial charge >= 0.3 is 6.03 Å². The molecule has 0 saturated carbocycles. The number of ether oxygens (including phenoxy) is 2. The van der Waals surface area contributed by atoms with Crippen LogP contribution in [0.25, 0.3) is 6.08 Å². The van der Waals surface area contributed by atoms with Crippen LogP contribution >= 0.6 is 39.1 Å². The minimum atomic E-state index is -0.555. The van der Waals surface area contributed by atoms with Crippen LogP contribution in [-0.4, -0.2) is 18.5 Å². The molecule has 2 aromatic carbocycles. The number of halogens is 3. The molecule has 3 amide bonds. The van der Waals surface area contributed by atoms with Crippen LogP contribution < -0.4 is 20.1 Å². The van der Waals surface area contributed by atoms with Gasteiger partial charge in [0.05, 0.1) is 11.1 Å². The fourth-order valence-electron chi connectivity index (χ4n) is 2.51. The smallest absolute Gasteiger partial charge is 0.326 e. The van der Waals surface area contributed by atoms with Gasteiger partial charge < -0.3 is 14.8 Å². The van der Waals surface area contributed by atoms with Crippen LogP contribution in [0.3, 0.4) is 0 Å². The van der Waals surface area contributed by atoms with Crippen molar-refractivity contribution in [3.63, 3.8) is 0 Å². The fraction of sp³-hybridized carbons (Fsp3) is 0.158. The Balaban J connectivity index is 1.87. The average molecular weight is 486 g/mol. The van der Waals surface area contributed by atoms with E-state index in [1.165, 1.54) is 0 Å². The molecule has 0 aromatic heterocycles. The molecule has 0 bridgehead atoms. The summed E-state index contributed by atoms with van der Waals surface area (Å²) in [6.45, 7) is 2.48. The Morgan fingerprint density at radius 2 is 1.89 bits per heavy atom. The lowest BCUT2D eigenvalue weighted by molar-refractivity contribution is -0.115. The van der Waals surface area contributed by atoms with E-state index in [4.69, 9.17) is 32.7 Å². The summed E-state index contributed by atoms with van der Waals surface area (Å²) in [5.74, 6) is 0.491. The first kappa shape index (κ1) is 20.5. The summed E-state index contributed by atoms with van der Waals surface area (Å²) >= 11 is 15.6. The molecule has 6 nitrogen and oxygen atoms in total. The highest BCUT2D eigenvalue weighted by atomic mass is 79.9. The van der Waals surface area contributed by atoms with Gasteiger partial charge in [0.1, 0.15) is 12.3 Å². The highest BCUT2D eigenvalue weighted by molar-refractivity contribution is 9.10. The Bertz CT molecular complexity index is 979. The first-order valence-corrected chi connectivity index (χ1v) is 9.79. The van der Waals surface area contributed by atoms with Crippen LogP contribution in [0.4, 0.5) is 4.79 Å². The zero-order chi connectivity index (χ0) is 20.3. The van der Waals surface area contributed by atoms with Crippen molar-refractivity contribution in [3.05, 3.63) is 61.7 Å². The Labute approximate surface area is 179 Å². The van der Waals surface area contributed by atoms with Crippen molar-refractivity contribution in [2.45, 2.75) is 13.5 Å². The monoisotopic (exact) mass is 484 g/mol. The second-order valence-corrected chi connectivity index (χ2v) is 7.45. The van der Waals surface area contributed by atoms with Gasteiger partial charge in [0.2, 0.25) is 0 Å². The third-order valence-corrected chi connectivity index (χ3v) is 4.93. The van der Waals surface area contributed by atoms with Gasteiger partial charge in [-0.1, -0.05) is 29.3 Å². The molecule has 3 rings (SSSR count). The molecular weight excluding hydrogens is 471 g/mol. The number of imide groups is 1. The zero-order valence-electron chi connectivity index (χ0n) is 14.6. The molecule has 1 aliphatic heterocycles. The molecule has 9 heteroatoms. The van der Waals surface area contributed by atoms with Crippen molar-refractivity contribution < 1.29 is 19.1 Å². The summed E-state index contributed by atoms with van der Waals surface area (Å²) in [6, 6.07) is 8.10. The molecule has 1 saturated heterocycles. The van der Waals surface area contributed by atoms with E-state index < -0.39 is 11.9 Å². The molecule has 146 valence electrons. The van der Waals surface area contributed by atoms with Crippen molar-refractivity contribution in [1.29, 1.82) is 0 Å². The number of urea groups is 1. The Hall–Kier alpha value is -2.22. The molecule has 0 spiro atoms. The van der Waals surface area contributed by atoms with E-state index in [2.05, 4.69) is 26.6 Å². The summed E-state index contributed by atoms with van der Waals surface area (Å²) in [4.78, 5) is 23.0. The maximum Gasteiger partial charge on any atom is 0.326 e. The number of rotatable bonds is 6. The van der Waals surface area contributed by atoms with Crippen molar-refractivity contribution in [2.24, 2.45) is 0 Å². The van der Waals surface area contributed by atoms with Gasteiger partial charge in [0.15, 0.2) is 11.5 Å². The van der Waals surface area contributed by atoms with E-state index >= 15 is 0 Å². The summed E-state index contributed by atoms with van der Waals surface area (Å²) in [6.07, 6.45) is 1.55. The lowest BCUT2D eigenvalue weighted by Crippen LogP contribution is -2.22. The molecule has 0 radical (unpaired) electrons. The van der Waals surface area contributed by atoms with E-state index in [-0.39, 0.29) is 12.3 Å². The molecule has 1 aliphatic rings. The van der Waals surface area contributed by atoms with Gasteiger partial charge in [-0.2, -0.15) is 0 Å². The van der Waals surface area contributed by atoms with Crippen LogP contribution in [0.1, 0.15) is 18.1 Å². The predicted molar refractivity (Wildman–Crippen MR) is 111 cm³/mol. The standard InChI is InChI=1S/C19H15BrCl2N2O4/c1-2-27-16-7-10(6-15-18(25)24-19(26)23-15)5-13(20)17(16)28-9-11-3-4-12(21)8-14(11)22/h3-8H,2,9H2,1H3,(H2,23,24,25,26)/b15-6+. The summed E-state index contributed by atoms with van der Waals surface area (Å²) in [7, 11) is 0. The molecule has 0 atom stereocenters. The van der Waals surface area contributed by atoms with E-state index in [0.29, 0.717) is 38.2 Å². The summed E-state index contributed by atoms with van der Waals surface area (Å²) in [5, 5.41) is 5.65. The third-order valence-electron chi connectivity index (χ3n) is 3.75. The number of carbonyl (C=O) groups is 2. The van der Waals surface area contributed by atoms with Crippen molar-refractivity contribution in [3.8, 4) is 11.5 Å². The van der Waals surface area contributed by atoms with Crippen molar-refractivity contribution in [2.75, 3.05) is 6.61 Å². The lowest BCUT2D eigenvalue weighted by Gasteiger charge is -2.15. The molecule has 2 N–H and O–H groups in total. The Morgan fingerprint density at radius 1 is 1.11 bits per heavy atom. The van der Waals surface area contributed by atoms with Crippen LogP contribution in [-0.2, 0) is 11.4 Å². The van der Waals surface area contributed by atoms with Gasteiger partial charge in [-0.15, -0.1) is 0 Å². The molecular formula is C19H15BrCl2N2O4. The van der Waals surface area contributed by atoms with Crippen LogP contribution in [0, 0.1) is 0 Å². The van der Waals surface area contributed by atoms with E-state index in [9.17, 15) is 9.59 Å². The first-order valence-electron chi connectivity index (χ1n) is 8.24. The zero-order valence-corrected chi connectivity index (χ0v) is 17.7. The third kappa shape index (κ3) is 4.79. The highest BCUT2D eigenvalue weighted by Gasteiger charge is 2.23. The summed E-state index contributed by atoms with van der Waals surface area (Å²) < 4.78 is 12.2. The SMILES string of the molecule is CCOc1cc(/C=C2/NC(=O)NC2=O)cc(Br)c1OCc1ccc(Cl)cc1Cl. The minimum Gasteiger partial charge on any atom is -0.490 e. The first-order chi connectivity index (χ1) is 13.4. The van der Waals surface area contributed by atoms with E-state index in [1.54, 1.807) is 36.4 Å². The lowest BCUT2D eigenvalue weighted by atomic mass is 10.1. The van der Waals surface area contributed by atoms with Gasteiger partial charge in [-0.25, -0.2) is 4.79 Å². The topological polar surface area (TPSA) is 76.7 Å². The highest BCUT2D eigenvalue weighted by Crippen LogP contribution is 2.38. The maximum absolute atomic E-state index is 11.7. The van der Waals surface area contributed by atoms with Gasteiger partial charge in [0, 0.05) is 15.6 Å². The van der Waals surface area contributed by atoms with Crippen LogP contribution in [0.5, 0.6) is 11.5 Å².